The molecule has 0 saturated carbocycles. The van der Waals surface area contributed by atoms with Gasteiger partial charge in [-0.15, -0.1) is 0 Å². The molecule has 108 valence electrons. The van der Waals surface area contributed by atoms with Gasteiger partial charge in [0.05, 0.1) is 11.5 Å². The van der Waals surface area contributed by atoms with Crippen LogP contribution in [0, 0.1) is 10.1 Å². The zero-order valence-corrected chi connectivity index (χ0v) is 11.5. The van der Waals surface area contributed by atoms with E-state index in [1.807, 2.05) is 0 Å². The molecule has 0 radical (unpaired) electrons. The third-order valence-electron chi connectivity index (χ3n) is 2.84. The van der Waals surface area contributed by atoms with Gasteiger partial charge in [-0.3, -0.25) is 14.9 Å². The normalized spacial score (nSPS) is 10.2. The third-order valence-corrected chi connectivity index (χ3v) is 3.07. The summed E-state index contributed by atoms with van der Waals surface area (Å²) in [7, 11) is 0. The van der Waals surface area contributed by atoms with Gasteiger partial charge in [-0.05, 0) is 18.2 Å². The molecule has 0 fully saturated rings. The fourth-order valence-corrected chi connectivity index (χ4v) is 1.98. The minimum absolute atomic E-state index is 0.0999. The highest BCUT2D eigenvalue weighted by molar-refractivity contribution is 6.31. The Kier molecular flexibility index (Phi) is 4.52. The lowest BCUT2D eigenvalue weighted by atomic mass is 10.1. The van der Waals surface area contributed by atoms with Gasteiger partial charge in [-0.2, -0.15) is 0 Å². The maximum Gasteiger partial charge on any atom is 0.283 e. The topological polar surface area (TPSA) is 92.5 Å². The number of carbonyl (C=O) groups is 1. The van der Waals surface area contributed by atoms with E-state index in [0.29, 0.717) is 11.3 Å². The Labute approximate surface area is 125 Å². The number of benzene rings is 2. The van der Waals surface area contributed by atoms with Crippen molar-refractivity contribution in [3.63, 3.8) is 0 Å². The number of amides is 1. The number of aliphatic hydroxyl groups is 1. The zero-order chi connectivity index (χ0) is 15.4. The van der Waals surface area contributed by atoms with E-state index in [1.54, 1.807) is 24.3 Å². The van der Waals surface area contributed by atoms with Crippen molar-refractivity contribution in [1.82, 2.24) is 0 Å². The summed E-state index contributed by atoms with van der Waals surface area (Å²) < 4.78 is 0. The molecule has 2 aromatic carbocycles. The Bertz CT molecular complexity index is 703. The molecule has 2 rings (SSSR count). The second kappa shape index (κ2) is 6.34. The van der Waals surface area contributed by atoms with Crippen LogP contribution in [0.25, 0.3) is 0 Å². The van der Waals surface area contributed by atoms with Crippen LogP contribution in [0.4, 0.5) is 11.4 Å². The van der Waals surface area contributed by atoms with Gasteiger partial charge >= 0.3 is 0 Å². The fourth-order valence-electron chi connectivity index (χ4n) is 1.82. The van der Waals surface area contributed by atoms with Crippen molar-refractivity contribution in [3.8, 4) is 0 Å². The minimum atomic E-state index is -0.668. The van der Waals surface area contributed by atoms with Crippen molar-refractivity contribution >= 4 is 28.9 Å². The summed E-state index contributed by atoms with van der Waals surface area (Å²) >= 11 is 5.70. The molecule has 1 amide bonds. The van der Waals surface area contributed by atoms with Crippen LogP contribution in [0.2, 0.25) is 5.02 Å². The molecule has 0 aromatic heterocycles. The predicted molar refractivity (Wildman–Crippen MR) is 78.4 cm³/mol. The number of halogens is 1. The average molecular weight is 307 g/mol. The van der Waals surface area contributed by atoms with Crippen LogP contribution in [-0.2, 0) is 6.61 Å². The highest BCUT2D eigenvalue weighted by Crippen LogP contribution is 2.25. The SMILES string of the molecule is O=C(Nc1ccccc1CO)c1ccc(Cl)cc1[N+](=O)[O-]. The zero-order valence-electron chi connectivity index (χ0n) is 10.7. The van der Waals surface area contributed by atoms with Crippen molar-refractivity contribution in [1.29, 1.82) is 0 Å². The van der Waals surface area contributed by atoms with E-state index < -0.39 is 10.8 Å². The van der Waals surface area contributed by atoms with Gasteiger partial charge in [-0.25, -0.2) is 0 Å². The van der Waals surface area contributed by atoms with Crippen LogP contribution in [0.15, 0.2) is 42.5 Å². The standard InChI is InChI=1S/C14H11ClN2O4/c15-10-5-6-11(13(7-10)17(20)21)14(19)16-12-4-2-1-3-9(12)8-18/h1-7,18H,8H2,(H,16,19). The molecular weight excluding hydrogens is 296 g/mol. The van der Waals surface area contributed by atoms with Crippen LogP contribution in [0.3, 0.4) is 0 Å². The highest BCUT2D eigenvalue weighted by atomic mass is 35.5. The highest BCUT2D eigenvalue weighted by Gasteiger charge is 2.21. The van der Waals surface area contributed by atoms with Crippen LogP contribution < -0.4 is 5.32 Å². The monoisotopic (exact) mass is 306 g/mol. The van der Waals surface area contributed by atoms with E-state index >= 15 is 0 Å². The molecule has 0 spiro atoms. The number of para-hydroxylation sites is 1. The molecule has 0 bridgehead atoms. The van der Waals surface area contributed by atoms with E-state index in [9.17, 15) is 20.0 Å². The van der Waals surface area contributed by atoms with Crippen molar-refractivity contribution in [2.75, 3.05) is 5.32 Å². The van der Waals surface area contributed by atoms with E-state index in [2.05, 4.69) is 5.32 Å². The number of nitro benzene ring substituents is 1. The molecule has 0 aliphatic carbocycles. The Morgan fingerprint density at radius 2 is 2.00 bits per heavy atom. The molecular formula is C14H11ClN2O4. The first kappa shape index (κ1) is 15.0. The molecule has 2 N–H and O–H groups in total. The molecule has 0 heterocycles. The van der Waals surface area contributed by atoms with E-state index in [-0.39, 0.29) is 22.9 Å². The number of hydrogen-bond acceptors (Lipinski definition) is 4. The summed E-state index contributed by atoms with van der Waals surface area (Å²) in [6.45, 7) is -0.251. The predicted octanol–water partition coefficient (Wildman–Crippen LogP) is 2.99. The van der Waals surface area contributed by atoms with E-state index in [1.165, 1.54) is 12.1 Å². The van der Waals surface area contributed by atoms with Gasteiger partial charge in [0.15, 0.2) is 0 Å². The molecule has 0 aliphatic rings. The lowest BCUT2D eigenvalue weighted by molar-refractivity contribution is -0.385. The number of carbonyl (C=O) groups excluding carboxylic acids is 1. The smallest absolute Gasteiger partial charge is 0.283 e. The lowest BCUT2D eigenvalue weighted by Gasteiger charge is -2.09. The van der Waals surface area contributed by atoms with Crippen LogP contribution in [0.5, 0.6) is 0 Å². The summed E-state index contributed by atoms with van der Waals surface area (Å²) in [5.74, 6) is -0.640. The van der Waals surface area contributed by atoms with Crippen molar-refractivity contribution in [2.45, 2.75) is 6.61 Å². The van der Waals surface area contributed by atoms with Gasteiger partial charge in [-0.1, -0.05) is 29.8 Å². The molecule has 21 heavy (non-hydrogen) atoms. The van der Waals surface area contributed by atoms with Crippen molar-refractivity contribution in [2.24, 2.45) is 0 Å². The van der Waals surface area contributed by atoms with Crippen molar-refractivity contribution < 1.29 is 14.8 Å². The summed E-state index contributed by atoms with van der Waals surface area (Å²) in [5.41, 5.74) is 0.440. The van der Waals surface area contributed by atoms with Crippen LogP contribution in [-0.4, -0.2) is 15.9 Å². The van der Waals surface area contributed by atoms with Crippen LogP contribution in [0.1, 0.15) is 15.9 Å². The molecule has 0 saturated heterocycles. The third kappa shape index (κ3) is 3.36. The first-order valence-electron chi connectivity index (χ1n) is 5.97. The maximum atomic E-state index is 12.2. The Hall–Kier alpha value is -2.44. The first-order valence-corrected chi connectivity index (χ1v) is 6.34. The van der Waals surface area contributed by atoms with Gasteiger partial charge in [0, 0.05) is 22.3 Å². The van der Waals surface area contributed by atoms with E-state index in [4.69, 9.17) is 11.6 Å². The molecule has 6 nitrogen and oxygen atoms in total. The van der Waals surface area contributed by atoms with Gasteiger partial charge in [0.1, 0.15) is 5.56 Å². The molecule has 7 heteroatoms. The van der Waals surface area contributed by atoms with Crippen LogP contribution >= 0.6 is 11.6 Å². The Balaban J connectivity index is 2.35. The number of aliphatic hydroxyl groups excluding tert-OH is 1. The summed E-state index contributed by atoms with van der Waals surface area (Å²) in [6.07, 6.45) is 0. The number of nitro groups is 1. The maximum absolute atomic E-state index is 12.2. The lowest BCUT2D eigenvalue weighted by Crippen LogP contribution is -2.15. The average Bonchev–Trinajstić information content (AvgIpc) is 2.47. The number of nitrogens with one attached hydrogen (secondary N) is 1. The van der Waals surface area contributed by atoms with E-state index in [0.717, 1.165) is 6.07 Å². The quantitative estimate of drug-likeness (QED) is 0.671. The molecule has 0 unspecified atom stereocenters. The number of anilines is 1. The summed E-state index contributed by atoms with van der Waals surface area (Å²) in [6, 6.07) is 10.5. The summed E-state index contributed by atoms with van der Waals surface area (Å²) in [5, 5.41) is 22.9. The molecule has 0 aliphatic heterocycles. The second-order valence-corrected chi connectivity index (χ2v) is 4.62. The fraction of sp³-hybridized carbons (Fsp3) is 0.0714. The number of hydrogen-bond donors (Lipinski definition) is 2. The minimum Gasteiger partial charge on any atom is -0.392 e. The molecule has 0 atom stereocenters. The van der Waals surface area contributed by atoms with Gasteiger partial charge in [0.25, 0.3) is 11.6 Å². The first-order chi connectivity index (χ1) is 10.0. The molecule has 2 aromatic rings. The largest absolute Gasteiger partial charge is 0.392 e. The second-order valence-electron chi connectivity index (χ2n) is 4.19. The van der Waals surface area contributed by atoms with Gasteiger partial charge < -0.3 is 10.4 Å². The summed E-state index contributed by atoms with van der Waals surface area (Å²) in [4.78, 5) is 22.5. The number of nitrogens with zero attached hydrogens (tertiary/aromatic N) is 1. The van der Waals surface area contributed by atoms with Crippen molar-refractivity contribution in [3.05, 3.63) is 68.7 Å². The number of rotatable bonds is 4. The Morgan fingerprint density at radius 3 is 2.67 bits per heavy atom. The van der Waals surface area contributed by atoms with Gasteiger partial charge in [0.2, 0.25) is 0 Å². The Morgan fingerprint density at radius 1 is 1.29 bits per heavy atom.